The zero-order valence-electron chi connectivity index (χ0n) is 18.4. The number of carbonyl (C=O) groups is 2. The first-order valence-corrected chi connectivity index (χ1v) is 10.0. The third kappa shape index (κ3) is 5.63. The van der Waals surface area contributed by atoms with E-state index < -0.39 is 17.6 Å². The molecule has 3 rings (SSSR count). The maximum Gasteiger partial charge on any atom is 0.407 e. The number of nitrogens with two attached hydrogens (primary N) is 1. The summed E-state index contributed by atoms with van der Waals surface area (Å²) in [5, 5.41) is 13.8. The van der Waals surface area contributed by atoms with E-state index in [1.807, 2.05) is 13.0 Å². The molecule has 0 spiro atoms. The summed E-state index contributed by atoms with van der Waals surface area (Å²) >= 11 is 0. The van der Waals surface area contributed by atoms with Crippen molar-refractivity contribution in [3.05, 3.63) is 47.7 Å². The van der Waals surface area contributed by atoms with E-state index in [4.69, 9.17) is 15.2 Å². The van der Waals surface area contributed by atoms with Crippen molar-refractivity contribution >= 4 is 22.8 Å². The lowest BCUT2D eigenvalue weighted by Gasteiger charge is -2.19. The summed E-state index contributed by atoms with van der Waals surface area (Å²) in [4.78, 5) is 32.3. The first-order valence-electron chi connectivity index (χ1n) is 10.0. The van der Waals surface area contributed by atoms with Crippen LogP contribution >= 0.6 is 0 Å². The van der Waals surface area contributed by atoms with Crippen molar-refractivity contribution in [3.8, 4) is 23.0 Å². The van der Waals surface area contributed by atoms with Crippen molar-refractivity contribution in [2.45, 2.75) is 33.3 Å². The van der Waals surface area contributed by atoms with Gasteiger partial charge in [-0.05, 0) is 50.6 Å². The maximum atomic E-state index is 11.7. The fourth-order valence-electron chi connectivity index (χ4n) is 3.08. The van der Waals surface area contributed by atoms with Crippen LogP contribution in [0, 0.1) is 6.92 Å². The standard InChI is InChI=1S/C23H26N4O5/c1-13-11-18(31-10-9-25-22(30)32-23(2,3)4)27-21(26-13)15-5-7-16-14(12-15)6-8-17(28)19(16)20(24)29/h5-8,11-12,28H,9-10H2,1-4H3,(H2,24,29)(H,25,30). The average molecular weight is 438 g/mol. The third-order valence-electron chi connectivity index (χ3n) is 4.35. The van der Waals surface area contributed by atoms with E-state index in [2.05, 4.69) is 15.3 Å². The van der Waals surface area contributed by atoms with Crippen molar-refractivity contribution in [1.82, 2.24) is 15.3 Å². The Bertz CT molecular complexity index is 1170. The van der Waals surface area contributed by atoms with Gasteiger partial charge in [0.15, 0.2) is 5.82 Å². The summed E-state index contributed by atoms with van der Waals surface area (Å²) in [5.74, 6) is -0.0682. The van der Waals surface area contributed by atoms with Crippen LogP contribution in [0.2, 0.25) is 0 Å². The van der Waals surface area contributed by atoms with E-state index in [9.17, 15) is 14.7 Å². The number of phenols is 1. The maximum absolute atomic E-state index is 11.7. The van der Waals surface area contributed by atoms with Gasteiger partial charge in [0.2, 0.25) is 5.88 Å². The summed E-state index contributed by atoms with van der Waals surface area (Å²) in [6.07, 6.45) is -0.516. The Morgan fingerprint density at radius 1 is 1.12 bits per heavy atom. The van der Waals surface area contributed by atoms with Crippen LogP contribution in [0.25, 0.3) is 22.2 Å². The van der Waals surface area contributed by atoms with Crippen LogP contribution < -0.4 is 15.8 Å². The lowest BCUT2D eigenvalue weighted by Crippen LogP contribution is -2.34. The second-order valence-corrected chi connectivity index (χ2v) is 8.21. The highest BCUT2D eigenvalue weighted by molar-refractivity contribution is 6.09. The number of alkyl carbamates (subject to hydrolysis) is 1. The number of rotatable bonds is 6. The molecule has 2 amide bonds. The van der Waals surface area contributed by atoms with E-state index in [0.29, 0.717) is 33.7 Å². The van der Waals surface area contributed by atoms with Gasteiger partial charge < -0.3 is 25.6 Å². The second kappa shape index (κ2) is 9.09. The molecule has 9 heteroatoms. The molecule has 32 heavy (non-hydrogen) atoms. The molecule has 168 valence electrons. The van der Waals surface area contributed by atoms with Crippen molar-refractivity contribution < 1.29 is 24.2 Å². The monoisotopic (exact) mass is 438 g/mol. The van der Waals surface area contributed by atoms with Crippen molar-refractivity contribution in [2.75, 3.05) is 13.2 Å². The minimum Gasteiger partial charge on any atom is -0.507 e. The molecule has 9 nitrogen and oxygen atoms in total. The van der Waals surface area contributed by atoms with E-state index in [-0.39, 0.29) is 24.5 Å². The van der Waals surface area contributed by atoms with Gasteiger partial charge in [0.1, 0.15) is 18.0 Å². The number of benzene rings is 2. The van der Waals surface area contributed by atoms with E-state index in [1.165, 1.54) is 6.07 Å². The molecule has 0 bridgehead atoms. The van der Waals surface area contributed by atoms with Gasteiger partial charge in [0, 0.05) is 17.3 Å². The van der Waals surface area contributed by atoms with Crippen molar-refractivity contribution in [1.29, 1.82) is 0 Å². The summed E-state index contributed by atoms with van der Waals surface area (Å²) < 4.78 is 10.8. The second-order valence-electron chi connectivity index (χ2n) is 8.21. The minimum absolute atomic E-state index is 0.0701. The number of fused-ring (bicyclic) bond motifs is 1. The van der Waals surface area contributed by atoms with Gasteiger partial charge in [-0.25, -0.2) is 9.78 Å². The predicted molar refractivity (Wildman–Crippen MR) is 120 cm³/mol. The van der Waals surface area contributed by atoms with Crippen LogP contribution in [0.4, 0.5) is 4.79 Å². The SMILES string of the molecule is Cc1cc(OCCNC(=O)OC(C)(C)C)nc(-c2ccc3c(C(N)=O)c(O)ccc3c2)n1. The Hall–Kier alpha value is -3.88. The number of aromatic nitrogens is 2. The lowest BCUT2D eigenvalue weighted by molar-refractivity contribution is 0.0519. The molecular weight excluding hydrogens is 412 g/mol. The molecule has 0 aliphatic carbocycles. The molecule has 0 aliphatic rings. The number of primary amides is 1. The number of nitrogens with zero attached hydrogens (tertiary/aromatic N) is 2. The molecule has 0 atom stereocenters. The largest absolute Gasteiger partial charge is 0.507 e. The van der Waals surface area contributed by atoms with E-state index in [1.54, 1.807) is 45.0 Å². The van der Waals surface area contributed by atoms with Crippen molar-refractivity contribution in [3.63, 3.8) is 0 Å². The Morgan fingerprint density at radius 3 is 2.56 bits per heavy atom. The van der Waals surface area contributed by atoms with E-state index >= 15 is 0 Å². The van der Waals surface area contributed by atoms with Gasteiger partial charge in [-0.1, -0.05) is 18.2 Å². The molecule has 4 N–H and O–H groups in total. The fraction of sp³-hybridized carbons (Fsp3) is 0.304. The highest BCUT2D eigenvalue weighted by atomic mass is 16.6. The molecule has 0 fully saturated rings. The average Bonchev–Trinajstić information content (AvgIpc) is 2.68. The molecule has 2 aromatic carbocycles. The first-order chi connectivity index (χ1) is 15.0. The molecule has 1 heterocycles. The first kappa shape index (κ1) is 22.8. The molecule has 0 aliphatic heterocycles. The Kier molecular flexibility index (Phi) is 6.47. The van der Waals surface area contributed by atoms with Gasteiger partial charge >= 0.3 is 6.09 Å². The van der Waals surface area contributed by atoms with E-state index in [0.717, 1.165) is 0 Å². The van der Waals surface area contributed by atoms with Crippen molar-refractivity contribution in [2.24, 2.45) is 5.73 Å². The molecule has 0 radical (unpaired) electrons. The van der Waals surface area contributed by atoms with Crippen LogP contribution in [-0.4, -0.2) is 45.8 Å². The third-order valence-corrected chi connectivity index (χ3v) is 4.35. The summed E-state index contributed by atoms with van der Waals surface area (Å²) in [7, 11) is 0. The topological polar surface area (TPSA) is 137 Å². The van der Waals surface area contributed by atoms with Crippen LogP contribution in [0.5, 0.6) is 11.6 Å². The molecule has 3 aromatic rings. The Balaban J connectivity index is 1.75. The predicted octanol–water partition coefficient (Wildman–Crippen LogP) is 3.31. The number of aryl methyl sites for hydroxylation is 1. The molecule has 0 saturated heterocycles. The normalized spacial score (nSPS) is 11.2. The number of hydrogen-bond acceptors (Lipinski definition) is 7. The molecular formula is C23H26N4O5. The summed E-state index contributed by atoms with van der Waals surface area (Å²) in [6.45, 7) is 7.65. The summed E-state index contributed by atoms with van der Waals surface area (Å²) in [5.41, 5.74) is 6.31. The van der Waals surface area contributed by atoms with Crippen LogP contribution in [0.3, 0.4) is 0 Å². The highest BCUT2D eigenvalue weighted by Crippen LogP contribution is 2.30. The van der Waals surface area contributed by atoms with Gasteiger partial charge in [0.05, 0.1) is 12.1 Å². The summed E-state index contributed by atoms with van der Waals surface area (Å²) in [6, 6.07) is 10.1. The molecule has 0 unspecified atom stereocenters. The number of amides is 2. The molecule has 0 saturated carbocycles. The van der Waals surface area contributed by atoms with Crippen LogP contribution in [0.1, 0.15) is 36.8 Å². The van der Waals surface area contributed by atoms with Crippen LogP contribution in [-0.2, 0) is 4.74 Å². The quantitative estimate of drug-likeness (QED) is 0.502. The Labute approximate surface area is 185 Å². The number of aromatic hydroxyl groups is 1. The fourth-order valence-corrected chi connectivity index (χ4v) is 3.08. The van der Waals surface area contributed by atoms with Gasteiger partial charge in [-0.3, -0.25) is 4.79 Å². The number of ether oxygens (including phenoxy) is 2. The zero-order valence-corrected chi connectivity index (χ0v) is 18.4. The van der Waals surface area contributed by atoms with Gasteiger partial charge in [-0.2, -0.15) is 4.98 Å². The highest BCUT2D eigenvalue weighted by Gasteiger charge is 2.16. The zero-order chi connectivity index (χ0) is 23.5. The lowest BCUT2D eigenvalue weighted by atomic mass is 10.0. The van der Waals surface area contributed by atoms with Crippen LogP contribution in [0.15, 0.2) is 36.4 Å². The number of carbonyl (C=O) groups excluding carboxylic acids is 2. The number of hydrogen-bond donors (Lipinski definition) is 3. The Morgan fingerprint density at radius 2 is 1.88 bits per heavy atom. The number of nitrogens with one attached hydrogen (secondary N) is 1. The minimum atomic E-state index is -0.705. The smallest absolute Gasteiger partial charge is 0.407 e. The van der Waals surface area contributed by atoms with Gasteiger partial charge in [0.25, 0.3) is 5.91 Å². The van der Waals surface area contributed by atoms with Gasteiger partial charge in [-0.15, -0.1) is 0 Å². The molecule has 1 aromatic heterocycles.